The number of carbonyl (C=O) groups is 1. The van der Waals surface area contributed by atoms with E-state index in [9.17, 15) is 13.2 Å². The average Bonchev–Trinajstić information content (AvgIpc) is 2.47. The Balaban J connectivity index is 1.96. The van der Waals surface area contributed by atoms with Crippen molar-refractivity contribution in [3.8, 4) is 5.75 Å². The molecule has 8 heteroatoms. The van der Waals surface area contributed by atoms with Gasteiger partial charge in [-0.25, -0.2) is 8.42 Å². The molecule has 6 nitrogen and oxygen atoms in total. The van der Waals surface area contributed by atoms with E-state index in [1.165, 1.54) is 0 Å². The number of ether oxygens (including phenoxy) is 1. The number of hydrogen-bond acceptors (Lipinski definition) is 4. The lowest BCUT2D eigenvalue weighted by Crippen LogP contribution is -2.30. The van der Waals surface area contributed by atoms with Gasteiger partial charge in [-0.3, -0.25) is 9.52 Å². The maximum atomic E-state index is 12.1. The van der Waals surface area contributed by atoms with Crippen LogP contribution >= 0.6 is 11.6 Å². The van der Waals surface area contributed by atoms with Crippen LogP contribution in [0.2, 0.25) is 5.02 Å². The molecule has 0 spiro atoms. The van der Waals surface area contributed by atoms with E-state index < -0.39 is 16.1 Å². The van der Waals surface area contributed by atoms with Crippen molar-refractivity contribution in [2.24, 2.45) is 0 Å². The Morgan fingerprint density at radius 3 is 2.33 bits per heavy atom. The highest BCUT2D eigenvalue weighted by atomic mass is 35.5. The lowest BCUT2D eigenvalue weighted by atomic mass is 10.2. The first-order chi connectivity index (χ1) is 11.2. The molecule has 0 aliphatic carbocycles. The SMILES string of the molecule is CC(Oc1cccc(Cl)c1)C(=O)Nc1ccc(NS(C)(=O)=O)cc1. The molecular formula is C16H17ClN2O4S. The largest absolute Gasteiger partial charge is 0.481 e. The Kier molecular flexibility index (Phi) is 5.69. The maximum absolute atomic E-state index is 12.1. The summed E-state index contributed by atoms with van der Waals surface area (Å²) in [6.45, 7) is 1.62. The fraction of sp³-hybridized carbons (Fsp3) is 0.188. The number of benzene rings is 2. The summed E-state index contributed by atoms with van der Waals surface area (Å²) in [4.78, 5) is 12.1. The smallest absolute Gasteiger partial charge is 0.265 e. The number of hydrogen-bond donors (Lipinski definition) is 2. The summed E-state index contributed by atoms with van der Waals surface area (Å²) in [6, 6.07) is 13.1. The maximum Gasteiger partial charge on any atom is 0.265 e. The second kappa shape index (κ2) is 7.55. The van der Waals surface area contributed by atoms with Crippen LogP contribution in [0.15, 0.2) is 48.5 Å². The molecule has 0 aliphatic rings. The lowest BCUT2D eigenvalue weighted by molar-refractivity contribution is -0.122. The molecule has 0 saturated carbocycles. The van der Waals surface area contributed by atoms with Gasteiger partial charge in [-0.1, -0.05) is 17.7 Å². The molecule has 0 fully saturated rings. The molecule has 0 heterocycles. The summed E-state index contributed by atoms with van der Waals surface area (Å²) in [5.74, 6) is 0.164. The van der Waals surface area contributed by atoms with E-state index in [0.717, 1.165) is 6.26 Å². The Labute approximate surface area is 145 Å². The highest BCUT2D eigenvalue weighted by Gasteiger charge is 2.15. The lowest BCUT2D eigenvalue weighted by Gasteiger charge is -2.15. The number of amides is 1. The summed E-state index contributed by atoms with van der Waals surface area (Å²) in [6.07, 6.45) is 0.342. The van der Waals surface area contributed by atoms with Crippen molar-refractivity contribution >= 4 is 38.9 Å². The molecule has 0 bridgehead atoms. The molecule has 0 radical (unpaired) electrons. The molecule has 2 aromatic carbocycles. The summed E-state index contributed by atoms with van der Waals surface area (Å²) >= 11 is 5.87. The fourth-order valence-corrected chi connectivity index (χ4v) is 2.62. The predicted molar refractivity (Wildman–Crippen MR) is 95.1 cm³/mol. The minimum Gasteiger partial charge on any atom is -0.481 e. The first-order valence-corrected chi connectivity index (χ1v) is 9.31. The Morgan fingerprint density at radius 2 is 1.75 bits per heavy atom. The van der Waals surface area contributed by atoms with Gasteiger partial charge in [-0.15, -0.1) is 0 Å². The van der Waals surface area contributed by atoms with Crippen LogP contribution < -0.4 is 14.8 Å². The van der Waals surface area contributed by atoms with Crippen molar-refractivity contribution in [1.29, 1.82) is 0 Å². The molecule has 0 saturated heterocycles. The molecule has 128 valence electrons. The molecule has 2 N–H and O–H groups in total. The van der Waals surface area contributed by atoms with Crippen molar-refractivity contribution in [1.82, 2.24) is 0 Å². The van der Waals surface area contributed by atoms with Gasteiger partial charge < -0.3 is 10.1 Å². The van der Waals surface area contributed by atoms with Gasteiger partial charge in [0.1, 0.15) is 5.75 Å². The number of carbonyl (C=O) groups excluding carboxylic acids is 1. The first-order valence-electron chi connectivity index (χ1n) is 7.04. The van der Waals surface area contributed by atoms with Gasteiger partial charge in [0, 0.05) is 16.4 Å². The second-order valence-corrected chi connectivity index (χ2v) is 7.34. The third kappa shape index (κ3) is 5.75. The summed E-state index contributed by atoms with van der Waals surface area (Å²) in [5, 5.41) is 3.21. The van der Waals surface area contributed by atoms with E-state index in [-0.39, 0.29) is 5.91 Å². The molecule has 24 heavy (non-hydrogen) atoms. The van der Waals surface area contributed by atoms with Gasteiger partial charge in [-0.2, -0.15) is 0 Å². The van der Waals surface area contributed by atoms with Gasteiger partial charge in [0.25, 0.3) is 5.91 Å². The summed E-state index contributed by atoms with van der Waals surface area (Å²) in [7, 11) is -3.33. The van der Waals surface area contributed by atoms with Gasteiger partial charge in [0.2, 0.25) is 10.0 Å². The number of halogens is 1. The molecule has 1 atom stereocenters. The van der Waals surface area contributed by atoms with Gasteiger partial charge in [-0.05, 0) is 49.4 Å². The zero-order chi connectivity index (χ0) is 17.7. The Hall–Kier alpha value is -2.25. The highest BCUT2D eigenvalue weighted by molar-refractivity contribution is 7.92. The van der Waals surface area contributed by atoms with Crippen molar-refractivity contribution in [3.05, 3.63) is 53.6 Å². The van der Waals surface area contributed by atoms with Gasteiger partial charge in [0.05, 0.1) is 6.26 Å². The monoisotopic (exact) mass is 368 g/mol. The van der Waals surface area contributed by atoms with Crippen LogP contribution in [-0.2, 0) is 14.8 Å². The topological polar surface area (TPSA) is 84.5 Å². The molecule has 2 aromatic rings. The normalized spacial score (nSPS) is 12.3. The third-order valence-electron chi connectivity index (χ3n) is 2.93. The zero-order valence-corrected chi connectivity index (χ0v) is 14.7. The van der Waals surface area contributed by atoms with Crippen LogP contribution in [0.5, 0.6) is 5.75 Å². The minimum absolute atomic E-state index is 0.334. The number of nitrogens with one attached hydrogen (secondary N) is 2. The molecular weight excluding hydrogens is 352 g/mol. The van der Waals surface area contributed by atoms with E-state index in [1.54, 1.807) is 55.5 Å². The zero-order valence-electron chi connectivity index (χ0n) is 13.1. The Morgan fingerprint density at radius 1 is 1.12 bits per heavy atom. The van der Waals surface area contributed by atoms with Crippen LogP contribution in [0.1, 0.15) is 6.92 Å². The van der Waals surface area contributed by atoms with Crippen molar-refractivity contribution in [3.63, 3.8) is 0 Å². The molecule has 2 rings (SSSR count). The average molecular weight is 369 g/mol. The quantitative estimate of drug-likeness (QED) is 0.820. The number of sulfonamides is 1. The molecule has 1 unspecified atom stereocenters. The van der Waals surface area contributed by atoms with E-state index in [4.69, 9.17) is 16.3 Å². The summed E-state index contributed by atoms with van der Waals surface area (Å²) < 4.78 is 30.2. The Bertz CT molecular complexity index is 822. The van der Waals surface area contributed by atoms with Crippen LogP contribution in [0.4, 0.5) is 11.4 Å². The third-order valence-corrected chi connectivity index (χ3v) is 3.78. The fourth-order valence-electron chi connectivity index (χ4n) is 1.88. The van der Waals surface area contributed by atoms with Crippen LogP contribution in [0, 0.1) is 0 Å². The van der Waals surface area contributed by atoms with E-state index in [1.807, 2.05) is 0 Å². The van der Waals surface area contributed by atoms with Crippen LogP contribution in [-0.4, -0.2) is 26.7 Å². The minimum atomic E-state index is -3.33. The standard InChI is InChI=1S/C16H17ClN2O4S/c1-11(23-15-5-3-4-12(17)10-15)16(20)18-13-6-8-14(9-7-13)19-24(2,21)22/h3-11,19H,1-2H3,(H,18,20). The first kappa shape index (κ1) is 18.1. The molecule has 0 aromatic heterocycles. The number of anilines is 2. The van der Waals surface area contributed by atoms with Crippen molar-refractivity contribution < 1.29 is 17.9 Å². The second-order valence-electron chi connectivity index (χ2n) is 5.16. The molecule has 1 amide bonds. The van der Waals surface area contributed by atoms with Crippen molar-refractivity contribution in [2.75, 3.05) is 16.3 Å². The highest BCUT2D eigenvalue weighted by Crippen LogP contribution is 2.19. The van der Waals surface area contributed by atoms with Gasteiger partial charge in [0.15, 0.2) is 6.10 Å². The summed E-state index contributed by atoms with van der Waals surface area (Å²) in [5.41, 5.74) is 0.944. The van der Waals surface area contributed by atoms with Gasteiger partial charge >= 0.3 is 0 Å². The number of rotatable bonds is 6. The van der Waals surface area contributed by atoms with E-state index in [2.05, 4.69) is 10.0 Å². The van der Waals surface area contributed by atoms with Crippen LogP contribution in [0.3, 0.4) is 0 Å². The molecule has 0 aliphatic heterocycles. The van der Waals surface area contributed by atoms with E-state index >= 15 is 0 Å². The predicted octanol–water partition coefficient (Wildman–Crippen LogP) is 3.12. The van der Waals surface area contributed by atoms with Crippen LogP contribution in [0.25, 0.3) is 0 Å². The van der Waals surface area contributed by atoms with Crippen molar-refractivity contribution in [2.45, 2.75) is 13.0 Å². The van der Waals surface area contributed by atoms with E-state index in [0.29, 0.717) is 22.1 Å².